The van der Waals surface area contributed by atoms with Crippen LogP contribution in [0.3, 0.4) is 0 Å². The lowest BCUT2D eigenvalue weighted by Crippen LogP contribution is -2.41. The molecule has 0 aliphatic carbocycles. The Balaban J connectivity index is -0.0000000966. The van der Waals surface area contributed by atoms with E-state index < -0.39 is 131 Å². The molecule has 0 saturated carbocycles. The summed E-state index contributed by atoms with van der Waals surface area (Å²) < 4.78 is 270. The molecule has 0 aromatic rings. The molecule has 0 amide bonds. The normalized spacial score (nSPS) is 22.9. The molecule has 0 aromatic heterocycles. The first-order chi connectivity index (χ1) is 47.0. The predicted molar refractivity (Wildman–Crippen MR) is 360 cm³/mol. The molecule has 0 aromatic carbocycles. The molecule has 0 fully saturated rings. The number of hydrogen-bond acceptors (Lipinski definition) is 2. The van der Waals surface area contributed by atoms with Gasteiger partial charge in [-0.05, 0) is 50.7 Å². The van der Waals surface area contributed by atoms with Gasteiger partial charge in [-0.2, -0.15) is 0 Å². The maximum Gasteiger partial charge on any atom is 0.0459 e. The van der Waals surface area contributed by atoms with Crippen LogP contribution < -0.4 is 0 Å². The van der Waals surface area contributed by atoms with E-state index >= 15 is 0 Å². The average molecular weight is 1100 g/mol. The van der Waals surface area contributed by atoms with Crippen LogP contribution in [-0.2, 0) is 9.47 Å². The van der Waals surface area contributed by atoms with Gasteiger partial charge in [0.15, 0.2) is 0 Å². The van der Waals surface area contributed by atoms with E-state index in [1.807, 2.05) is 96.9 Å². The Bertz CT molecular complexity index is 2030. The van der Waals surface area contributed by atoms with Crippen molar-refractivity contribution in [3.05, 3.63) is 0 Å². The van der Waals surface area contributed by atoms with E-state index in [1.54, 1.807) is 69.6 Å². The van der Waals surface area contributed by atoms with Crippen molar-refractivity contribution >= 4 is 0 Å². The van der Waals surface area contributed by atoms with Gasteiger partial charge in [0.25, 0.3) is 0 Å². The largest absolute Gasteiger partial charge is 0.385 e. The monoisotopic (exact) mass is 1100 g/mol. The van der Waals surface area contributed by atoms with E-state index in [4.69, 9.17) is 58.8 Å². The Morgan fingerprint density at radius 3 is 0.581 bits per heavy atom. The highest BCUT2D eigenvalue weighted by Crippen LogP contribution is 2.50. The highest BCUT2D eigenvalue weighted by atomic mass is 16.5. The maximum absolute atomic E-state index is 7.76. The van der Waals surface area contributed by atoms with Gasteiger partial charge in [0.05, 0.1) is 0 Å². The zero-order chi connectivity index (χ0) is 93.5. The molecule has 468 valence electrons. The standard InChI is InChI=1S/C11H24.2C9H20.7C5H12.2C4H10O/c1-9(2,3)11(7,8)10(4,5)6;2*1-7-9(5,6)8(2,3)4;7*1-3-5-4-2;2*1-3-4-5-2/h1-8H3;2*7H2,1-6H3;7*3-5H2,1-2H3;2*3-4H2,1-2H3/i1D3,7D3;2*5D3;3D2,4D2,5D2;2*3D2,5D2;3D2,4D2;5D2;2*3D2;;. The molecule has 0 N–H and O–H groups in total. The number of ether oxygens (including phenoxy) is 2. The van der Waals surface area contributed by atoms with Gasteiger partial charge in [0.1, 0.15) is 0 Å². The van der Waals surface area contributed by atoms with Gasteiger partial charge in [-0.15, -0.1) is 0 Å². The molecular formula is C72H168O2. The lowest BCUT2D eigenvalue weighted by molar-refractivity contribution is 0.00575. The fourth-order valence-corrected chi connectivity index (χ4v) is 3.81. The molecule has 2 heteroatoms. The SMILES string of the molecule is CCCOC.CCCOC.[2H]C([2H])(C)C([2H])([2H])C([2H])([2H])C.[2H]C([2H])(C)C([2H])([2H])CC.[2H]C([2H])(C)C([2H])([2H])CC.[2H]C([2H])(C)CC([2H])([2H])C.[2H]C([2H])(C)CCC.[2H]C([2H])(C)CCC.[2H]C([2H])(CC)CC.[2H]C([2H])([2H])C(C)(C)C(C)(C([2H])([2H])[2H])C(C)(C)C.[2H]C([2H])([2H])C(C)(CC)C(C)(C)C.[2H]C([2H])([2H])C(C)(CC)C(C)(C)C. The van der Waals surface area contributed by atoms with Gasteiger partial charge in [0, 0.05) is 76.8 Å². The topological polar surface area (TPSA) is 18.5 Å². The molecule has 0 rings (SSSR count). The summed E-state index contributed by atoms with van der Waals surface area (Å²) in [5.41, 5.74) is -4.77. The molecular weight excluding hydrogens is 897 g/mol. The maximum atomic E-state index is 7.76. The molecule has 74 heavy (non-hydrogen) atoms. The van der Waals surface area contributed by atoms with Crippen LogP contribution in [0.4, 0.5) is 0 Å². The van der Waals surface area contributed by atoms with E-state index in [0.717, 1.165) is 52.7 Å². The summed E-state index contributed by atoms with van der Waals surface area (Å²) in [7, 11) is 3.42. The summed E-state index contributed by atoms with van der Waals surface area (Å²) in [4.78, 5) is 0. The fourth-order valence-electron chi connectivity index (χ4n) is 3.81. The summed E-state index contributed by atoms with van der Waals surface area (Å²) in [6.45, 7) is 48.6. The summed E-state index contributed by atoms with van der Waals surface area (Å²) >= 11 is 0. The quantitative estimate of drug-likeness (QED) is 0.121. The zero-order valence-corrected chi connectivity index (χ0v) is 56.9. The number of hydrogen-bond donors (Lipinski definition) is 0. The second kappa shape index (κ2) is 75.0. The summed E-state index contributed by atoms with van der Waals surface area (Å²) in [5.74, 6) is 0. The van der Waals surface area contributed by atoms with E-state index in [0.29, 0.717) is 38.5 Å². The first-order valence-electron chi connectivity index (χ1n) is 46.0. The van der Waals surface area contributed by atoms with Crippen LogP contribution in [0.5, 0.6) is 0 Å². The van der Waals surface area contributed by atoms with Gasteiger partial charge in [-0.1, -0.05) is 396 Å². The lowest BCUT2D eigenvalue weighted by atomic mass is 9.56. The Labute approximate surface area is 533 Å². The third kappa shape index (κ3) is 101. The lowest BCUT2D eigenvalue weighted by Gasteiger charge is -2.49. The Hall–Kier alpha value is -0.0800. The molecule has 3 unspecified atom stereocenters. The van der Waals surface area contributed by atoms with E-state index in [1.165, 1.54) is 41.5 Å². The molecule has 3 atom stereocenters. The van der Waals surface area contributed by atoms with Crippen LogP contribution >= 0.6 is 0 Å². The second-order valence-electron chi connectivity index (χ2n) is 21.1. The summed E-state index contributed by atoms with van der Waals surface area (Å²) in [6.07, 6.45) is -10.7. The van der Waals surface area contributed by atoms with E-state index in [2.05, 4.69) is 13.8 Å². The molecule has 0 aliphatic heterocycles. The van der Waals surface area contributed by atoms with Gasteiger partial charge in [0.2, 0.25) is 0 Å². The minimum absolute atomic E-state index is 0.0417. The summed E-state index contributed by atoms with van der Waals surface area (Å²) in [6, 6.07) is 0. The minimum atomic E-state index is -2.46. The van der Waals surface area contributed by atoms with Crippen LogP contribution in [0.25, 0.3) is 0 Å². The van der Waals surface area contributed by atoms with Crippen molar-refractivity contribution in [3.8, 4) is 0 Å². The molecule has 0 heterocycles. The molecule has 0 spiro atoms. The second-order valence-corrected chi connectivity index (χ2v) is 21.1. The minimum Gasteiger partial charge on any atom is -0.385 e. The number of rotatable bonds is 20. The fraction of sp³-hybridized carbons (Fsp3) is 1.00. The van der Waals surface area contributed by atoms with E-state index in [9.17, 15) is 0 Å². The van der Waals surface area contributed by atoms with Crippen molar-refractivity contribution in [2.45, 2.75) is 409 Å². The van der Waals surface area contributed by atoms with Crippen molar-refractivity contribution in [3.63, 3.8) is 0 Å². The molecule has 0 radical (unpaired) electrons. The Morgan fingerprint density at radius 1 is 0.284 bits per heavy atom. The average Bonchev–Trinajstić information content (AvgIpc) is 0.715. The highest BCUT2D eigenvalue weighted by Gasteiger charge is 2.42. The molecule has 0 aliphatic rings. The van der Waals surface area contributed by atoms with Crippen molar-refractivity contribution in [1.29, 1.82) is 0 Å². The van der Waals surface area contributed by atoms with Crippen LogP contribution in [-0.4, -0.2) is 27.4 Å². The van der Waals surface area contributed by atoms with Gasteiger partial charge in [-0.25, -0.2) is 0 Å². The summed E-state index contributed by atoms with van der Waals surface area (Å²) in [5, 5.41) is 0. The Morgan fingerprint density at radius 2 is 0.568 bits per heavy atom. The first-order valence-corrected chi connectivity index (χ1v) is 28.0. The zero-order valence-electron chi connectivity index (χ0n) is 92.9. The molecule has 0 bridgehead atoms. The predicted octanol–water partition coefficient (Wildman–Crippen LogP) is 28.5. The van der Waals surface area contributed by atoms with Gasteiger partial charge >= 0.3 is 0 Å². The third-order valence-electron chi connectivity index (χ3n) is 11.1. The first kappa shape index (κ1) is 41.0. The van der Waals surface area contributed by atoms with Crippen LogP contribution in [0.2, 0.25) is 0 Å². The van der Waals surface area contributed by atoms with Crippen molar-refractivity contribution < 1.29 is 58.8 Å². The third-order valence-corrected chi connectivity index (χ3v) is 11.1. The van der Waals surface area contributed by atoms with Crippen LogP contribution in [0.15, 0.2) is 0 Å². The van der Waals surface area contributed by atoms with Crippen LogP contribution in [0.1, 0.15) is 458 Å². The van der Waals surface area contributed by atoms with E-state index in [-0.39, 0.29) is 30.1 Å². The van der Waals surface area contributed by atoms with Crippen LogP contribution in [0, 0.1) is 37.9 Å². The smallest absolute Gasteiger partial charge is 0.0459 e. The van der Waals surface area contributed by atoms with Gasteiger partial charge in [-0.3, -0.25) is 0 Å². The Kier molecular flexibility index (Phi) is 41.5. The van der Waals surface area contributed by atoms with Crippen molar-refractivity contribution in [2.75, 3.05) is 27.4 Å². The van der Waals surface area contributed by atoms with Crippen molar-refractivity contribution in [2.24, 2.45) is 37.9 Å². The van der Waals surface area contributed by atoms with Gasteiger partial charge < -0.3 is 9.47 Å². The van der Waals surface area contributed by atoms with Crippen molar-refractivity contribution in [1.82, 2.24) is 0 Å². The molecule has 2 nitrogen and oxygen atoms in total. The number of methoxy groups -OCH3 is 2. The highest BCUT2D eigenvalue weighted by molar-refractivity contribution is 4.91. The molecule has 0 saturated heterocycles.